The van der Waals surface area contributed by atoms with Crippen molar-refractivity contribution in [3.8, 4) is 0 Å². The van der Waals surface area contributed by atoms with Crippen molar-refractivity contribution in [1.82, 2.24) is 0 Å². The zero-order valence-corrected chi connectivity index (χ0v) is 24.5. The minimum absolute atomic E-state index is 0.146. The van der Waals surface area contributed by atoms with E-state index in [1.165, 1.54) is 0 Å². The molecule has 0 heterocycles. The molecule has 0 aromatic heterocycles. The van der Waals surface area contributed by atoms with Crippen LogP contribution in [-0.4, -0.2) is 38.4 Å². The second-order valence-electron chi connectivity index (χ2n) is 11.0. The summed E-state index contributed by atoms with van der Waals surface area (Å²) in [6, 6.07) is 6.62. The lowest BCUT2D eigenvalue weighted by Gasteiger charge is -2.25. The maximum Gasteiger partial charge on any atom is 0.333 e. The third kappa shape index (κ3) is 8.84. The highest BCUT2D eigenvalue weighted by atomic mass is 32.2. The van der Waals surface area contributed by atoms with Crippen LogP contribution in [0.25, 0.3) is 4.85 Å². The first-order valence-corrected chi connectivity index (χ1v) is 14.7. The summed E-state index contributed by atoms with van der Waals surface area (Å²) in [5.74, 6) is -0.550. The van der Waals surface area contributed by atoms with Crippen molar-refractivity contribution in [3.05, 3.63) is 41.2 Å². The smallest absolute Gasteiger partial charge is 0.333 e. The lowest BCUT2D eigenvalue weighted by atomic mass is 9.85. The predicted octanol–water partition coefficient (Wildman–Crippen LogP) is 6.68. The summed E-state index contributed by atoms with van der Waals surface area (Å²) in [4.78, 5) is 26.8. The topological polar surface area (TPSA) is 91.1 Å². The highest BCUT2D eigenvalue weighted by Crippen LogP contribution is 2.39. The molecule has 0 aliphatic carbocycles. The average Bonchev–Trinajstić information content (AvgIpc) is 2.83. The number of hydrogen-bond donors (Lipinski definition) is 0. The lowest BCUT2D eigenvalue weighted by molar-refractivity contribution is -0.154. The number of esters is 2. The monoisotopic (exact) mass is 535 g/mol. The Morgan fingerprint density at radius 1 is 0.784 bits per heavy atom. The number of sulfone groups is 1. The lowest BCUT2D eigenvalue weighted by Crippen LogP contribution is -2.36. The van der Waals surface area contributed by atoms with E-state index in [1.54, 1.807) is 38.1 Å². The molecule has 0 saturated heterocycles. The fourth-order valence-corrected chi connectivity index (χ4v) is 6.18. The molecule has 0 atom stereocenters. The Kier molecular flexibility index (Phi) is 12.3. The number of hydrogen-bond acceptors (Lipinski definition) is 6. The third-order valence-electron chi connectivity index (χ3n) is 6.93. The van der Waals surface area contributed by atoms with Gasteiger partial charge in [0, 0.05) is 12.8 Å². The predicted molar refractivity (Wildman–Crippen MR) is 145 cm³/mol. The molecule has 0 radical (unpaired) electrons. The van der Waals surface area contributed by atoms with E-state index in [-0.39, 0.29) is 29.7 Å². The van der Waals surface area contributed by atoms with Crippen molar-refractivity contribution < 1.29 is 27.5 Å². The molecule has 7 nitrogen and oxygen atoms in total. The quantitative estimate of drug-likeness (QED) is 0.133. The molecule has 37 heavy (non-hydrogen) atoms. The molecule has 0 fully saturated rings. The van der Waals surface area contributed by atoms with E-state index in [9.17, 15) is 18.0 Å². The van der Waals surface area contributed by atoms with Gasteiger partial charge in [0.1, 0.15) is 0 Å². The molecule has 0 unspecified atom stereocenters. The first-order valence-electron chi connectivity index (χ1n) is 13.2. The van der Waals surface area contributed by atoms with Crippen molar-refractivity contribution >= 4 is 21.8 Å². The highest BCUT2D eigenvalue weighted by molar-refractivity contribution is 7.93. The van der Waals surface area contributed by atoms with Gasteiger partial charge in [-0.2, -0.15) is 0 Å². The summed E-state index contributed by atoms with van der Waals surface area (Å²) < 4.78 is 37.9. The van der Waals surface area contributed by atoms with Gasteiger partial charge in [0.25, 0.3) is 9.84 Å². The number of unbranched alkanes of at least 4 members (excludes halogenated alkanes) is 2. The van der Waals surface area contributed by atoms with Crippen LogP contribution in [0.1, 0.15) is 98.5 Å². The van der Waals surface area contributed by atoms with E-state index >= 15 is 0 Å². The van der Waals surface area contributed by atoms with Crippen LogP contribution in [0.5, 0.6) is 0 Å². The summed E-state index contributed by atoms with van der Waals surface area (Å²) in [7, 11) is -3.95. The number of carbonyl (C=O) groups is 2. The van der Waals surface area contributed by atoms with Gasteiger partial charge < -0.3 is 9.47 Å². The van der Waals surface area contributed by atoms with Gasteiger partial charge in [0.15, 0.2) is 0 Å². The molecule has 0 amide bonds. The summed E-state index contributed by atoms with van der Waals surface area (Å²) >= 11 is 0. The van der Waals surface area contributed by atoms with E-state index in [0.29, 0.717) is 51.7 Å². The number of nitrogens with zero attached hydrogens (tertiary/aromatic N) is 1. The van der Waals surface area contributed by atoms with E-state index < -0.39 is 25.5 Å². The van der Waals surface area contributed by atoms with Crippen molar-refractivity contribution in [3.63, 3.8) is 0 Å². The number of aryl methyl sites for hydroxylation is 1. The van der Waals surface area contributed by atoms with Crippen molar-refractivity contribution in [2.75, 3.05) is 13.2 Å². The molecule has 0 aliphatic heterocycles. The number of ether oxygens (including phenoxy) is 2. The molecule has 208 valence electrons. The molecule has 1 rings (SSSR count). The fourth-order valence-electron chi connectivity index (χ4n) is 4.30. The third-order valence-corrected chi connectivity index (χ3v) is 9.32. The van der Waals surface area contributed by atoms with Crippen LogP contribution in [0.4, 0.5) is 0 Å². The minimum Gasteiger partial charge on any atom is -0.466 e. The SMILES string of the molecule is [C-]#[N+]C(CCCCC(C)(C)C(=O)OCC)(CCCCC(C)(C)C(=O)OCC)S(=O)(=O)c1ccc(C)cc1. The van der Waals surface area contributed by atoms with Crippen LogP contribution in [0.2, 0.25) is 0 Å². The van der Waals surface area contributed by atoms with E-state index in [2.05, 4.69) is 4.85 Å². The Balaban J connectivity index is 3.07. The molecule has 0 aliphatic rings. The maximum absolute atomic E-state index is 13.8. The molecular formula is C29H45NO6S. The molecule has 1 aromatic rings. The van der Waals surface area contributed by atoms with Crippen LogP contribution >= 0.6 is 0 Å². The Morgan fingerprint density at radius 2 is 1.16 bits per heavy atom. The minimum atomic E-state index is -3.95. The molecular weight excluding hydrogens is 490 g/mol. The van der Waals surface area contributed by atoms with Gasteiger partial charge in [-0.15, -0.1) is 0 Å². The summed E-state index contributed by atoms with van der Waals surface area (Å²) in [5.41, 5.74) is -0.411. The number of rotatable bonds is 16. The summed E-state index contributed by atoms with van der Waals surface area (Å²) in [6.45, 7) is 21.3. The second-order valence-corrected chi connectivity index (χ2v) is 13.2. The first kappa shape index (κ1) is 32.6. The van der Waals surface area contributed by atoms with Crippen molar-refractivity contribution in [1.29, 1.82) is 0 Å². The van der Waals surface area contributed by atoms with Gasteiger partial charge in [0.2, 0.25) is 0 Å². The summed E-state index contributed by atoms with van der Waals surface area (Å²) in [5, 5.41) is 0. The Hall–Kier alpha value is -2.40. The van der Waals surface area contributed by atoms with E-state index in [0.717, 1.165) is 5.56 Å². The second kappa shape index (κ2) is 13.9. The van der Waals surface area contributed by atoms with Crippen LogP contribution < -0.4 is 0 Å². The number of benzene rings is 1. The Bertz CT molecular complexity index is 997. The molecule has 0 spiro atoms. The normalized spacial score (nSPS) is 12.6. The average molecular weight is 536 g/mol. The molecule has 1 aromatic carbocycles. The molecule has 0 saturated carbocycles. The van der Waals surface area contributed by atoms with Gasteiger partial charge in [-0.25, -0.2) is 15.0 Å². The van der Waals surface area contributed by atoms with Gasteiger partial charge in [-0.3, -0.25) is 14.4 Å². The van der Waals surface area contributed by atoms with Crippen molar-refractivity contribution in [2.24, 2.45) is 10.8 Å². The zero-order valence-electron chi connectivity index (χ0n) is 23.7. The Morgan fingerprint density at radius 3 is 1.51 bits per heavy atom. The standard InChI is InChI=1S/C29H45NO6S/c1-9-35-25(31)27(4,5)19-11-13-21-29(30-8,37(33,34)24-17-15-23(3)16-18-24)22-14-12-20-28(6,7)26(32)36-10-2/h15-18H,9-14,19-22H2,1-7H3. The molecule has 8 heteroatoms. The van der Waals surface area contributed by atoms with Gasteiger partial charge >= 0.3 is 16.8 Å². The van der Waals surface area contributed by atoms with Crippen LogP contribution in [0, 0.1) is 24.3 Å². The van der Waals surface area contributed by atoms with E-state index in [1.807, 2.05) is 34.6 Å². The van der Waals surface area contributed by atoms with E-state index in [4.69, 9.17) is 16.0 Å². The van der Waals surface area contributed by atoms with Gasteiger partial charge in [-0.1, -0.05) is 30.5 Å². The Labute approximate surface area is 224 Å². The largest absolute Gasteiger partial charge is 0.466 e. The molecule has 0 N–H and O–H groups in total. The van der Waals surface area contributed by atoms with Crippen LogP contribution in [0.3, 0.4) is 0 Å². The summed E-state index contributed by atoms with van der Waals surface area (Å²) in [6.07, 6.45) is 3.61. The van der Waals surface area contributed by atoms with Gasteiger partial charge in [-0.05, 0) is 86.3 Å². The maximum atomic E-state index is 13.8. The van der Waals surface area contributed by atoms with Crippen LogP contribution in [0.15, 0.2) is 29.2 Å². The number of carbonyl (C=O) groups excluding carboxylic acids is 2. The van der Waals surface area contributed by atoms with Crippen molar-refractivity contribution in [2.45, 2.75) is 110 Å². The molecule has 0 bridgehead atoms. The van der Waals surface area contributed by atoms with Gasteiger partial charge in [0.05, 0.1) is 28.9 Å². The first-order chi connectivity index (χ1) is 17.2. The van der Waals surface area contributed by atoms with Crippen LogP contribution in [-0.2, 0) is 28.9 Å². The highest BCUT2D eigenvalue weighted by Gasteiger charge is 2.50. The fraction of sp³-hybridized carbons (Fsp3) is 0.690. The zero-order chi connectivity index (χ0) is 28.3.